The fraction of sp³-hybridized carbons (Fsp3) is 0.696. The van der Waals surface area contributed by atoms with Crippen LogP contribution in [0, 0.1) is 5.92 Å². The summed E-state index contributed by atoms with van der Waals surface area (Å²) in [5, 5.41) is 29.7. The van der Waals surface area contributed by atoms with E-state index in [9.17, 15) is 43.5 Å². The second kappa shape index (κ2) is 34.9. The first kappa shape index (κ1) is 59.8. The van der Waals surface area contributed by atoms with Crippen molar-refractivity contribution in [1.82, 2.24) is 9.55 Å². The lowest BCUT2D eigenvalue weighted by atomic mass is 10.0. The number of phosphoric ester groups is 2. The van der Waals surface area contributed by atoms with Crippen molar-refractivity contribution in [2.24, 2.45) is 5.92 Å². The number of anilines is 1. The van der Waals surface area contributed by atoms with Crippen LogP contribution in [0.25, 0.3) is 0 Å². The predicted octanol–water partition coefficient (Wildman–Crippen LogP) is 7.83. The normalized spacial score (nSPS) is 20.1. The van der Waals surface area contributed by atoms with Gasteiger partial charge in [-0.1, -0.05) is 120 Å². The van der Waals surface area contributed by atoms with Crippen LogP contribution >= 0.6 is 15.6 Å². The summed E-state index contributed by atoms with van der Waals surface area (Å²) in [6.45, 7) is 2.32. The highest BCUT2D eigenvalue weighted by Crippen LogP contribution is 2.60. The SMILES string of the molecule is CC(C)CCCCCCCCCCC(=O)OC[C@H](COP(=O)(O)OP(=O)(O)OC[C@H]1O[C@@H](n2ccc(N)nc2=O)[C@H](O)[C@@H]1O)OC(=O)CCC/C=C\C/C=C\C/C=C\C/C=C\CCCCCO. The molecule has 0 aliphatic carbocycles. The maximum Gasteiger partial charge on any atom is 0.481 e. The van der Waals surface area contributed by atoms with E-state index in [1.54, 1.807) is 0 Å². The van der Waals surface area contributed by atoms with Crippen LogP contribution in [-0.4, -0.2) is 97.4 Å². The van der Waals surface area contributed by atoms with Gasteiger partial charge in [-0.2, -0.15) is 9.29 Å². The number of nitrogens with two attached hydrogens (primary N) is 1. The molecule has 7 atom stereocenters. The molecule has 0 saturated carbocycles. The van der Waals surface area contributed by atoms with Gasteiger partial charge in [0.15, 0.2) is 12.3 Å². The van der Waals surface area contributed by atoms with Crippen molar-refractivity contribution < 1.29 is 71.4 Å². The van der Waals surface area contributed by atoms with Gasteiger partial charge in [0.05, 0.1) is 13.2 Å². The molecule has 1 aromatic heterocycles. The molecule has 7 N–H and O–H groups in total. The quantitative estimate of drug-likeness (QED) is 0.0159. The number of hydrogen-bond acceptors (Lipinski definition) is 16. The number of phosphoric acid groups is 2. The van der Waals surface area contributed by atoms with E-state index >= 15 is 0 Å². The first-order chi connectivity index (χ1) is 32.0. The Morgan fingerprint density at radius 3 is 1.93 bits per heavy atom. The third kappa shape index (κ3) is 28.7. The van der Waals surface area contributed by atoms with Gasteiger partial charge in [0.1, 0.15) is 30.7 Å². The van der Waals surface area contributed by atoms with Crippen molar-refractivity contribution in [3.63, 3.8) is 0 Å². The van der Waals surface area contributed by atoms with Gasteiger partial charge in [-0.3, -0.25) is 23.2 Å². The van der Waals surface area contributed by atoms with Crippen LogP contribution in [-0.2, 0) is 46.3 Å². The van der Waals surface area contributed by atoms with Gasteiger partial charge in [0.2, 0.25) is 0 Å². The van der Waals surface area contributed by atoms with Crippen molar-refractivity contribution in [2.75, 3.05) is 32.2 Å². The topological polar surface area (TPSA) is 286 Å². The molecule has 382 valence electrons. The Morgan fingerprint density at radius 2 is 1.31 bits per heavy atom. The van der Waals surface area contributed by atoms with Crippen molar-refractivity contribution >= 4 is 33.4 Å². The van der Waals surface area contributed by atoms with E-state index in [0.29, 0.717) is 25.2 Å². The van der Waals surface area contributed by atoms with Crippen LogP contribution in [0.5, 0.6) is 0 Å². The molecule has 2 heterocycles. The molecule has 21 heteroatoms. The third-order valence-corrected chi connectivity index (χ3v) is 13.0. The van der Waals surface area contributed by atoms with Crippen LogP contribution < -0.4 is 11.4 Å². The lowest BCUT2D eigenvalue weighted by molar-refractivity contribution is -0.161. The third-order valence-electron chi connectivity index (χ3n) is 10.4. The van der Waals surface area contributed by atoms with Gasteiger partial charge in [-0.15, -0.1) is 0 Å². The van der Waals surface area contributed by atoms with Gasteiger partial charge >= 0.3 is 33.3 Å². The second-order valence-corrected chi connectivity index (χ2v) is 19.9. The number of aromatic nitrogens is 2. The number of aliphatic hydroxyl groups is 3. The van der Waals surface area contributed by atoms with Crippen LogP contribution in [0.15, 0.2) is 65.7 Å². The van der Waals surface area contributed by atoms with Crippen molar-refractivity contribution in [2.45, 2.75) is 173 Å². The molecule has 0 spiro atoms. The van der Waals surface area contributed by atoms with E-state index < -0.39 is 83.7 Å². The van der Waals surface area contributed by atoms with Gasteiger partial charge in [-0.25, -0.2) is 13.9 Å². The standard InChI is InChI=1S/C46H77N3O16P2/c1-37(2)28-24-20-16-13-14-17-21-25-29-41(51)60-34-38(63-42(52)30-26-22-18-12-10-8-6-4-3-5-7-9-11-15-19-23-27-33-50)35-61-66(56,57)65-67(58,59)62-36-39-43(53)44(54)45(64-39)49-32-31-40(47)48-46(49)55/h3,5-6,8-9,11-12,18,31-32,37-39,43-45,50,53-54H,4,7,10,13-17,19-30,33-36H2,1-2H3,(H,56,57)(H,58,59)(H2,47,48,55)/b5-3-,8-6-,11-9-,18-12-/t38-,39-,43-,44-,45-/m1/s1. The zero-order valence-corrected chi connectivity index (χ0v) is 41.1. The maximum absolute atomic E-state index is 12.8. The number of unbranched alkanes of at least 4 members (excludes halogenated alkanes) is 11. The van der Waals surface area contributed by atoms with Crippen LogP contribution in [0.3, 0.4) is 0 Å². The average molecular weight is 990 g/mol. The number of hydrogen-bond donors (Lipinski definition) is 6. The highest BCUT2D eigenvalue weighted by molar-refractivity contribution is 7.61. The van der Waals surface area contributed by atoms with Gasteiger partial charge in [-0.05, 0) is 69.8 Å². The molecule has 0 aromatic carbocycles. The highest BCUT2D eigenvalue weighted by Gasteiger charge is 2.46. The van der Waals surface area contributed by atoms with E-state index in [4.69, 9.17) is 34.1 Å². The highest BCUT2D eigenvalue weighted by atomic mass is 31.3. The number of carbonyl (C=O) groups excluding carboxylic acids is 2. The van der Waals surface area contributed by atoms with E-state index in [1.165, 1.54) is 31.7 Å². The minimum atomic E-state index is -5.44. The number of nitrogens with zero attached hydrogens (tertiary/aromatic N) is 2. The largest absolute Gasteiger partial charge is 0.481 e. The molecule has 2 rings (SSSR count). The first-order valence-corrected chi connectivity index (χ1v) is 26.6. The molecule has 1 aromatic rings. The fourth-order valence-corrected chi connectivity index (χ4v) is 8.81. The maximum atomic E-state index is 12.8. The summed E-state index contributed by atoms with van der Waals surface area (Å²) < 4.78 is 56.5. The number of aliphatic hydroxyl groups excluding tert-OH is 3. The lowest BCUT2D eigenvalue weighted by Gasteiger charge is -2.21. The Labute approximate surface area is 395 Å². The Bertz CT molecular complexity index is 1820. The van der Waals surface area contributed by atoms with E-state index in [0.717, 1.165) is 81.4 Å². The van der Waals surface area contributed by atoms with E-state index in [1.807, 2.05) is 18.2 Å². The molecule has 2 unspecified atom stereocenters. The minimum Gasteiger partial charge on any atom is -0.462 e. The number of ether oxygens (including phenoxy) is 3. The number of esters is 2. The average Bonchev–Trinajstić information content (AvgIpc) is 3.55. The summed E-state index contributed by atoms with van der Waals surface area (Å²) in [5.74, 6) is -0.672. The molecule has 1 fully saturated rings. The molecule has 1 aliphatic heterocycles. The van der Waals surface area contributed by atoms with Gasteiger partial charge < -0.3 is 45.1 Å². The monoisotopic (exact) mass is 989 g/mol. The first-order valence-electron chi connectivity index (χ1n) is 23.6. The summed E-state index contributed by atoms with van der Waals surface area (Å²) in [6, 6.07) is 1.24. The van der Waals surface area contributed by atoms with Crippen molar-refractivity contribution in [3.8, 4) is 0 Å². The summed E-state index contributed by atoms with van der Waals surface area (Å²) >= 11 is 0. The van der Waals surface area contributed by atoms with Crippen LogP contribution in [0.2, 0.25) is 0 Å². The summed E-state index contributed by atoms with van der Waals surface area (Å²) in [7, 11) is -10.9. The Morgan fingerprint density at radius 1 is 0.761 bits per heavy atom. The molecule has 19 nitrogen and oxygen atoms in total. The Kier molecular flexibility index (Phi) is 31.1. The number of allylic oxidation sites excluding steroid dienone is 8. The number of carbonyl (C=O) groups is 2. The molecular formula is C46H77N3O16P2. The predicted molar refractivity (Wildman–Crippen MR) is 253 cm³/mol. The number of rotatable bonds is 38. The smallest absolute Gasteiger partial charge is 0.462 e. The summed E-state index contributed by atoms with van der Waals surface area (Å²) in [4.78, 5) is 61.7. The van der Waals surface area contributed by atoms with Crippen LogP contribution in [0.1, 0.15) is 148 Å². The zero-order valence-electron chi connectivity index (χ0n) is 39.3. The molecule has 0 amide bonds. The lowest BCUT2D eigenvalue weighted by Crippen LogP contribution is -2.36. The molecule has 1 aliphatic rings. The van der Waals surface area contributed by atoms with Crippen molar-refractivity contribution in [1.29, 1.82) is 0 Å². The van der Waals surface area contributed by atoms with Gasteiger partial charge in [0, 0.05) is 25.6 Å². The fourth-order valence-electron chi connectivity index (χ4n) is 6.70. The Balaban J connectivity index is 1.85. The van der Waals surface area contributed by atoms with Crippen molar-refractivity contribution in [3.05, 3.63) is 71.4 Å². The Hall–Kier alpha value is -3.32. The molecule has 0 radical (unpaired) electrons. The molecule has 67 heavy (non-hydrogen) atoms. The zero-order chi connectivity index (χ0) is 49.3. The molecule has 0 bridgehead atoms. The summed E-state index contributed by atoms with van der Waals surface area (Å²) in [6.07, 6.45) is 26.8. The number of nitrogen functional groups attached to an aromatic ring is 1. The second-order valence-electron chi connectivity index (χ2n) is 16.8. The van der Waals surface area contributed by atoms with Crippen LogP contribution in [0.4, 0.5) is 5.82 Å². The van der Waals surface area contributed by atoms with E-state index in [-0.39, 0.29) is 25.3 Å². The molecular weight excluding hydrogens is 912 g/mol. The summed E-state index contributed by atoms with van der Waals surface area (Å²) in [5.41, 5.74) is 4.57. The van der Waals surface area contributed by atoms with E-state index in [2.05, 4.69) is 53.5 Å². The van der Waals surface area contributed by atoms with Gasteiger partial charge in [0.25, 0.3) is 0 Å². The minimum absolute atomic E-state index is 0.0364. The molecule has 1 saturated heterocycles.